The number of hydrogen-bond donors (Lipinski definition) is 0. The summed E-state index contributed by atoms with van der Waals surface area (Å²) in [5.41, 5.74) is 0. The average Bonchev–Trinajstić information content (AvgIpc) is 3.39. The first-order chi connectivity index (χ1) is 12.7. The molecule has 4 aliphatic heterocycles. The van der Waals surface area contributed by atoms with E-state index in [9.17, 15) is 0 Å². The second-order valence-corrected chi connectivity index (χ2v) is 16.9. The molecular weight excluding hydrogens is 513 g/mol. The van der Waals surface area contributed by atoms with Gasteiger partial charge in [0.15, 0.2) is 0 Å². The van der Waals surface area contributed by atoms with Crippen molar-refractivity contribution in [3.8, 4) is 0 Å². The van der Waals surface area contributed by atoms with Crippen LogP contribution in [0.25, 0.3) is 0 Å². The Hall–Kier alpha value is 1.68. The van der Waals surface area contributed by atoms with Crippen molar-refractivity contribution in [2.24, 2.45) is 0 Å². The molecule has 0 aliphatic carbocycles. The molecule has 0 bridgehead atoms. The number of benzene rings is 1. The molecule has 5 rings (SSSR count). The van der Waals surface area contributed by atoms with Crippen LogP contribution in [-0.4, -0.2) is 12.5 Å². The molecule has 0 spiro atoms. The van der Waals surface area contributed by atoms with Gasteiger partial charge in [0, 0.05) is 9.79 Å². The first-order valence-electron chi connectivity index (χ1n) is 7.32. The van der Waals surface area contributed by atoms with Gasteiger partial charge in [-0.3, -0.25) is 0 Å². The molecule has 0 saturated heterocycles. The summed E-state index contributed by atoms with van der Waals surface area (Å²) in [7, 11) is 0. The summed E-state index contributed by atoms with van der Waals surface area (Å²) in [5, 5.41) is 0. The highest BCUT2D eigenvalue weighted by Crippen LogP contribution is 2.72. The Kier molecular flexibility index (Phi) is 6.37. The Morgan fingerprint density at radius 2 is 0.846 bits per heavy atom. The lowest BCUT2D eigenvalue weighted by Gasteiger charge is -2.06. The number of fused-ring (bicyclic) bond motifs is 1. The Morgan fingerprint density at radius 3 is 1.23 bits per heavy atom. The van der Waals surface area contributed by atoms with E-state index in [0.29, 0.717) is 0 Å². The molecule has 0 aromatic heterocycles. The van der Waals surface area contributed by atoms with Gasteiger partial charge < -0.3 is 0 Å². The minimum Gasteiger partial charge on any atom is -0.121 e. The summed E-state index contributed by atoms with van der Waals surface area (Å²) in [4.78, 5) is 2.80. The van der Waals surface area contributed by atoms with Crippen molar-refractivity contribution in [3.05, 3.63) is 58.2 Å². The number of rotatable bonds is 2. The van der Waals surface area contributed by atoms with Crippen LogP contribution < -0.4 is 0 Å². The van der Waals surface area contributed by atoms with Crippen molar-refractivity contribution in [1.29, 1.82) is 0 Å². The van der Waals surface area contributed by atoms with Crippen LogP contribution in [-0.2, 0) is 0 Å². The van der Waals surface area contributed by atoms with Gasteiger partial charge >= 0.3 is 0 Å². The molecule has 0 radical (unpaired) electrons. The van der Waals surface area contributed by atoms with Gasteiger partial charge in [-0.15, -0.1) is 23.5 Å². The van der Waals surface area contributed by atoms with Crippen molar-refractivity contribution in [1.82, 2.24) is 0 Å². The standard InChI is InChI=1S/C16H10S10/c1-17-9-10(18-2)22-13(21-9)14-25-15-16(26-14)24-12(23-15)11-19-7-5-3-4-6-8(7)20-11/h3-6H,1-2H3. The quantitative estimate of drug-likeness (QED) is 0.366. The molecule has 0 atom stereocenters. The maximum atomic E-state index is 2.23. The van der Waals surface area contributed by atoms with E-state index in [1.165, 1.54) is 43.7 Å². The molecule has 0 N–H and O–H groups in total. The van der Waals surface area contributed by atoms with Crippen molar-refractivity contribution in [2.45, 2.75) is 9.79 Å². The molecule has 1 aromatic rings. The highest BCUT2D eigenvalue weighted by atomic mass is 32.3. The van der Waals surface area contributed by atoms with Crippen LogP contribution in [0.5, 0.6) is 0 Å². The lowest BCUT2D eigenvalue weighted by Crippen LogP contribution is -1.72. The molecule has 26 heavy (non-hydrogen) atoms. The van der Waals surface area contributed by atoms with Gasteiger partial charge in [0.25, 0.3) is 0 Å². The fourth-order valence-electron chi connectivity index (χ4n) is 2.28. The van der Waals surface area contributed by atoms with E-state index in [-0.39, 0.29) is 0 Å². The zero-order chi connectivity index (χ0) is 17.7. The molecule has 0 saturated carbocycles. The van der Waals surface area contributed by atoms with Crippen molar-refractivity contribution < 1.29 is 0 Å². The van der Waals surface area contributed by atoms with Crippen molar-refractivity contribution in [2.75, 3.05) is 12.5 Å². The van der Waals surface area contributed by atoms with Crippen LogP contribution in [0.2, 0.25) is 0 Å². The predicted molar refractivity (Wildman–Crippen MR) is 139 cm³/mol. The highest BCUT2D eigenvalue weighted by molar-refractivity contribution is 8.50. The van der Waals surface area contributed by atoms with Gasteiger partial charge in [-0.1, -0.05) is 106 Å². The van der Waals surface area contributed by atoms with E-state index >= 15 is 0 Å². The zero-order valence-corrected chi connectivity index (χ0v) is 21.6. The lowest BCUT2D eigenvalue weighted by atomic mass is 10.4. The Labute approximate surface area is 196 Å². The van der Waals surface area contributed by atoms with Crippen LogP contribution in [0.4, 0.5) is 0 Å². The number of thioether (sulfide) groups is 10. The van der Waals surface area contributed by atoms with Crippen LogP contribution in [0, 0.1) is 0 Å². The van der Waals surface area contributed by atoms with Crippen molar-refractivity contribution in [3.63, 3.8) is 0 Å². The molecule has 4 aliphatic rings. The maximum absolute atomic E-state index is 2.23. The SMILES string of the molecule is CSC1=C(SC)SC(=C2SC3=C(S2)SC(=C2Sc4ccccc4S2)S3)S1. The molecule has 0 unspecified atom stereocenters. The minimum absolute atomic E-state index is 1.40. The van der Waals surface area contributed by atoms with Crippen LogP contribution in [0.1, 0.15) is 0 Å². The van der Waals surface area contributed by atoms with Gasteiger partial charge in [0.05, 0.1) is 33.9 Å². The Morgan fingerprint density at radius 1 is 0.500 bits per heavy atom. The van der Waals surface area contributed by atoms with Crippen molar-refractivity contribution >= 4 is 118 Å². The van der Waals surface area contributed by atoms with Gasteiger partial charge in [0.1, 0.15) is 0 Å². The van der Waals surface area contributed by atoms with Gasteiger partial charge in [-0.25, -0.2) is 0 Å². The van der Waals surface area contributed by atoms with Gasteiger partial charge in [-0.05, 0) is 24.6 Å². The van der Waals surface area contributed by atoms with E-state index in [1.54, 1.807) is 0 Å². The molecule has 4 heterocycles. The first kappa shape index (κ1) is 19.6. The van der Waals surface area contributed by atoms with Gasteiger partial charge in [-0.2, -0.15) is 0 Å². The van der Waals surface area contributed by atoms with Crippen LogP contribution >= 0.6 is 118 Å². The summed E-state index contributed by atoms with van der Waals surface area (Å²) >= 11 is 19.4. The van der Waals surface area contributed by atoms with Crippen LogP contribution in [0.15, 0.2) is 68.0 Å². The van der Waals surface area contributed by atoms with E-state index in [2.05, 4.69) is 36.8 Å². The second kappa shape index (κ2) is 8.43. The molecule has 1 aromatic carbocycles. The largest absolute Gasteiger partial charge is 0.121 e. The molecule has 0 fully saturated rings. The molecule has 134 valence electrons. The summed E-state index contributed by atoms with van der Waals surface area (Å²) < 4.78 is 11.7. The maximum Gasteiger partial charge on any atom is 0.0718 e. The minimum atomic E-state index is 1.40. The number of hydrogen-bond acceptors (Lipinski definition) is 10. The van der Waals surface area contributed by atoms with E-state index in [1.807, 2.05) is 118 Å². The molecule has 0 amide bonds. The Bertz CT molecular complexity index is 856. The third kappa shape index (κ3) is 3.74. The summed E-state index contributed by atoms with van der Waals surface area (Å²) in [5.74, 6) is 0. The fraction of sp³-hybridized carbons (Fsp3) is 0.125. The lowest BCUT2D eigenvalue weighted by molar-refractivity contribution is 1.27. The Balaban J connectivity index is 1.30. The third-order valence-electron chi connectivity index (χ3n) is 3.40. The molecular formula is C16H10S10. The smallest absolute Gasteiger partial charge is 0.0718 e. The summed E-state index contributed by atoms with van der Waals surface area (Å²) in [6.45, 7) is 0. The fourth-order valence-corrected chi connectivity index (χ4v) is 16.7. The first-order valence-corrected chi connectivity index (χ1v) is 16.3. The third-order valence-corrected chi connectivity index (χ3v) is 17.9. The average molecular weight is 523 g/mol. The normalized spacial score (nSPS) is 22.2. The summed E-state index contributed by atoms with van der Waals surface area (Å²) in [6.07, 6.45) is 4.36. The zero-order valence-electron chi connectivity index (χ0n) is 13.4. The second-order valence-electron chi connectivity index (χ2n) is 4.97. The van der Waals surface area contributed by atoms with Crippen LogP contribution in [0.3, 0.4) is 0 Å². The topological polar surface area (TPSA) is 0 Å². The molecule has 10 heteroatoms. The monoisotopic (exact) mass is 522 g/mol. The van der Waals surface area contributed by atoms with E-state index in [0.717, 1.165) is 0 Å². The summed E-state index contributed by atoms with van der Waals surface area (Å²) in [6, 6.07) is 8.72. The van der Waals surface area contributed by atoms with Gasteiger partial charge in [0.2, 0.25) is 0 Å². The molecule has 0 nitrogen and oxygen atoms in total. The van der Waals surface area contributed by atoms with E-state index in [4.69, 9.17) is 0 Å². The van der Waals surface area contributed by atoms with E-state index < -0.39 is 0 Å². The highest BCUT2D eigenvalue weighted by Gasteiger charge is 2.36. The predicted octanol–water partition coefficient (Wildman–Crippen LogP) is 9.56.